The monoisotopic (exact) mass is 499 g/mol. The molecule has 0 aliphatic rings. The highest BCUT2D eigenvalue weighted by Crippen LogP contribution is 2.22. The van der Waals surface area contributed by atoms with Gasteiger partial charge < -0.3 is 14.6 Å². The average molecular weight is 500 g/mol. The molecule has 0 aliphatic heterocycles. The number of amides is 1. The fourth-order valence-electron chi connectivity index (χ4n) is 4.00. The largest absolute Gasteiger partial charge is 0.452 e. The molecular weight excluding hydrogens is 473 g/mol. The Morgan fingerprint density at radius 2 is 1.68 bits per heavy atom. The van der Waals surface area contributed by atoms with Crippen molar-refractivity contribution in [2.75, 3.05) is 6.61 Å². The molecule has 8 heteroatoms. The lowest BCUT2D eigenvalue weighted by molar-refractivity contribution is -0.124. The van der Waals surface area contributed by atoms with Crippen LogP contribution in [0.1, 0.15) is 54.8 Å². The molecule has 0 fully saturated rings. The SMILES string of the molecule is Cc1ccc(C)c(C(=O)c2ccccc2C(=O)OCC(=O)N[C@@H](c2ccc(F)cc2)c2nccn2C)c1. The van der Waals surface area contributed by atoms with E-state index in [2.05, 4.69) is 10.3 Å². The third-order valence-electron chi connectivity index (χ3n) is 5.99. The van der Waals surface area contributed by atoms with Crippen LogP contribution in [0, 0.1) is 19.7 Å². The number of hydrogen-bond donors (Lipinski definition) is 1. The number of imidazole rings is 1. The maximum atomic E-state index is 13.5. The van der Waals surface area contributed by atoms with Crippen molar-refractivity contribution in [3.05, 3.63) is 124 Å². The Kier molecular flexibility index (Phi) is 7.57. The van der Waals surface area contributed by atoms with Gasteiger partial charge in [0.2, 0.25) is 0 Å². The third-order valence-corrected chi connectivity index (χ3v) is 5.99. The number of ketones is 1. The van der Waals surface area contributed by atoms with Crippen molar-refractivity contribution in [2.24, 2.45) is 7.05 Å². The van der Waals surface area contributed by atoms with E-state index in [0.717, 1.165) is 11.1 Å². The molecule has 0 spiro atoms. The predicted molar refractivity (Wildman–Crippen MR) is 136 cm³/mol. The summed E-state index contributed by atoms with van der Waals surface area (Å²) in [7, 11) is 1.77. The lowest BCUT2D eigenvalue weighted by atomic mass is 9.94. The smallest absolute Gasteiger partial charge is 0.339 e. The Balaban J connectivity index is 1.50. The molecule has 0 radical (unpaired) electrons. The van der Waals surface area contributed by atoms with E-state index in [-0.39, 0.29) is 16.9 Å². The molecule has 3 aromatic carbocycles. The number of rotatable bonds is 8. The van der Waals surface area contributed by atoms with Crippen LogP contribution in [-0.4, -0.2) is 33.8 Å². The maximum absolute atomic E-state index is 13.5. The molecule has 1 atom stereocenters. The van der Waals surface area contributed by atoms with Gasteiger partial charge >= 0.3 is 5.97 Å². The summed E-state index contributed by atoms with van der Waals surface area (Å²) in [6, 6.07) is 16.9. The summed E-state index contributed by atoms with van der Waals surface area (Å²) in [6.07, 6.45) is 3.31. The molecule has 37 heavy (non-hydrogen) atoms. The normalized spacial score (nSPS) is 11.6. The number of aromatic nitrogens is 2. The van der Waals surface area contributed by atoms with Crippen molar-refractivity contribution in [3.63, 3.8) is 0 Å². The Hall–Kier alpha value is -4.59. The molecule has 0 bridgehead atoms. The number of esters is 1. The van der Waals surface area contributed by atoms with E-state index >= 15 is 0 Å². The quantitative estimate of drug-likeness (QED) is 0.285. The molecular formula is C29H26FN3O4. The first-order valence-electron chi connectivity index (χ1n) is 11.6. The molecule has 188 valence electrons. The lowest BCUT2D eigenvalue weighted by Crippen LogP contribution is -2.34. The number of benzene rings is 3. The molecule has 4 rings (SSSR count). The van der Waals surface area contributed by atoms with E-state index < -0.39 is 30.3 Å². The highest BCUT2D eigenvalue weighted by Gasteiger charge is 2.24. The topological polar surface area (TPSA) is 90.3 Å². The molecule has 1 amide bonds. The van der Waals surface area contributed by atoms with Crippen molar-refractivity contribution in [1.29, 1.82) is 0 Å². The van der Waals surface area contributed by atoms with Gasteiger partial charge in [-0.3, -0.25) is 9.59 Å². The molecule has 1 N–H and O–H groups in total. The van der Waals surface area contributed by atoms with Crippen LogP contribution in [0.4, 0.5) is 4.39 Å². The second-order valence-corrected chi connectivity index (χ2v) is 8.72. The van der Waals surface area contributed by atoms with Crippen LogP contribution in [0.15, 0.2) is 79.1 Å². The first-order valence-corrected chi connectivity index (χ1v) is 11.6. The van der Waals surface area contributed by atoms with Gasteiger partial charge in [-0.25, -0.2) is 14.2 Å². The number of ether oxygens (including phenoxy) is 1. The maximum Gasteiger partial charge on any atom is 0.339 e. The fourth-order valence-corrected chi connectivity index (χ4v) is 4.00. The lowest BCUT2D eigenvalue weighted by Gasteiger charge is -2.19. The molecule has 0 saturated carbocycles. The Bertz CT molecular complexity index is 1460. The van der Waals surface area contributed by atoms with Gasteiger partial charge in [0.05, 0.1) is 5.56 Å². The van der Waals surface area contributed by atoms with Crippen molar-refractivity contribution in [3.8, 4) is 0 Å². The molecule has 7 nitrogen and oxygen atoms in total. The van der Waals surface area contributed by atoms with Crippen LogP contribution in [0.2, 0.25) is 0 Å². The zero-order valence-corrected chi connectivity index (χ0v) is 20.7. The summed E-state index contributed by atoms with van der Waals surface area (Å²) in [5, 5.41) is 2.79. The minimum absolute atomic E-state index is 0.0698. The predicted octanol–water partition coefficient (Wildman–Crippen LogP) is 4.47. The minimum atomic E-state index is -0.792. The van der Waals surface area contributed by atoms with Crippen LogP contribution >= 0.6 is 0 Å². The van der Waals surface area contributed by atoms with Crippen LogP contribution in [0.3, 0.4) is 0 Å². The Morgan fingerprint density at radius 1 is 0.973 bits per heavy atom. The van der Waals surface area contributed by atoms with E-state index in [1.807, 2.05) is 26.0 Å². The van der Waals surface area contributed by atoms with Crippen molar-refractivity contribution in [1.82, 2.24) is 14.9 Å². The highest BCUT2D eigenvalue weighted by atomic mass is 19.1. The zero-order valence-electron chi connectivity index (χ0n) is 20.7. The fraction of sp³-hybridized carbons (Fsp3) is 0.172. The summed E-state index contributed by atoms with van der Waals surface area (Å²) in [5.41, 5.74) is 3.09. The van der Waals surface area contributed by atoms with Gasteiger partial charge in [-0.15, -0.1) is 0 Å². The Morgan fingerprint density at radius 3 is 2.35 bits per heavy atom. The summed E-state index contributed by atoms with van der Waals surface area (Å²) >= 11 is 0. The number of halogens is 1. The van der Waals surface area contributed by atoms with Gasteiger partial charge in [-0.1, -0.05) is 48.0 Å². The van der Waals surface area contributed by atoms with Gasteiger partial charge in [-0.05, 0) is 49.2 Å². The standard InChI is InChI=1S/C29H26FN3O4/c1-18-8-9-19(2)24(16-18)27(35)22-6-4-5-7-23(22)29(36)37-17-25(34)32-26(28-31-14-15-33(28)3)20-10-12-21(30)13-11-20/h4-16,26H,17H2,1-3H3,(H,32,34)/t26-/m0/s1. The Labute approximate surface area is 213 Å². The minimum Gasteiger partial charge on any atom is -0.452 e. The second kappa shape index (κ2) is 11.0. The summed E-state index contributed by atoms with van der Waals surface area (Å²) in [6.45, 7) is 3.14. The molecule has 1 heterocycles. The highest BCUT2D eigenvalue weighted by molar-refractivity contribution is 6.15. The van der Waals surface area contributed by atoms with Gasteiger partial charge in [0.1, 0.15) is 17.7 Å². The van der Waals surface area contributed by atoms with E-state index in [0.29, 0.717) is 17.0 Å². The number of aryl methyl sites for hydroxylation is 3. The van der Waals surface area contributed by atoms with Gasteiger partial charge in [0, 0.05) is 30.6 Å². The number of carbonyl (C=O) groups is 3. The first-order chi connectivity index (χ1) is 17.7. The van der Waals surface area contributed by atoms with Crippen LogP contribution < -0.4 is 5.32 Å². The van der Waals surface area contributed by atoms with Crippen molar-refractivity contribution in [2.45, 2.75) is 19.9 Å². The van der Waals surface area contributed by atoms with E-state index in [4.69, 9.17) is 4.74 Å². The number of carbonyl (C=O) groups excluding carboxylic acids is 3. The molecule has 0 saturated heterocycles. The van der Waals surface area contributed by atoms with Gasteiger partial charge in [-0.2, -0.15) is 0 Å². The van der Waals surface area contributed by atoms with Gasteiger partial charge in [0.15, 0.2) is 12.4 Å². The third kappa shape index (κ3) is 5.81. The van der Waals surface area contributed by atoms with Crippen LogP contribution in [-0.2, 0) is 16.6 Å². The number of hydrogen-bond acceptors (Lipinski definition) is 5. The van der Waals surface area contributed by atoms with Crippen molar-refractivity contribution < 1.29 is 23.5 Å². The zero-order chi connectivity index (χ0) is 26.5. The molecule has 4 aromatic rings. The number of nitrogens with one attached hydrogen (secondary N) is 1. The van der Waals surface area contributed by atoms with Crippen LogP contribution in [0.5, 0.6) is 0 Å². The summed E-state index contributed by atoms with van der Waals surface area (Å²) in [5.74, 6) is -1.56. The molecule has 1 aromatic heterocycles. The molecule has 0 unspecified atom stereocenters. The first kappa shape index (κ1) is 25.5. The van der Waals surface area contributed by atoms with Crippen LogP contribution in [0.25, 0.3) is 0 Å². The summed E-state index contributed by atoms with van der Waals surface area (Å²) < 4.78 is 20.5. The van der Waals surface area contributed by atoms with Gasteiger partial charge in [0.25, 0.3) is 5.91 Å². The molecule has 0 aliphatic carbocycles. The van der Waals surface area contributed by atoms with E-state index in [1.54, 1.807) is 60.4 Å². The second-order valence-electron chi connectivity index (χ2n) is 8.72. The number of nitrogens with zero attached hydrogens (tertiary/aromatic N) is 2. The average Bonchev–Trinajstić information content (AvgIpc) is 3.32. The van der Waals surface area contributed by atoms with Crippen molar-refractivity contribution >= 4 is 17.7 Å². The van der Waals surface area contributed by atoms with E-state index in [9.17, 15) is 18.8 Å². The van der Waals surface area contributed by atoms with E-state index in [1.165, 1.54) is 18.2 Å². The summed E-state index contributed by atoms with van der Waals surface area (Å²) in [4.78, 5) is 43.3.